The molecule has 3 aromatic heterocycles. The maximum absolute atomic E-state index is 13.6. The lowest BCUT2D eigenvalue weighted by Gasteiger charge is -2.06. The van der Waals surface area contributed by atoms with Crippen LogP contribution in [0, 0.1) is 5.82 Å². The molecule has 26 heavy (non-hydrogen) atoms. The number of pyridine rings is 1. The van der Waals surface area contributed by atoms with Crippen molar-refractivity contribution in [3.8, 4) is 0 Å². The summed E-state index contributed by atoms with van der Waals surface area (Å²) in [5, 5.41) is 4.61. The number of nitrogens with zero attached hydrogens (tertiary/aromatic N) is 3. The molecule has 0 fully saturated rings. The summed E-state index contributed by atoms with van der Waals surface area (Å²) >= 11 is 6.03. The Morgan fingerprint density at radius 1 is 1.04 bits per heavy atom. The maximum atomic E-state index is 13.6. The molecule has 0 bridgehead atoms. The van der Waals surface area contributed by atoms with Gasteiger partial charge in [-0.3, -0.25) is 0 Å². The van der Waals surface area contributed by atoms with E-state index in [1.807, 2.05) is 12.3 Å². The number of hydrogen-bond donors (Lipinski definition) is 2. The van der Waals surface area contributed by atoms with E-state index in [9.17, 15) is 4.39 Å². The highest BCUT2D eigenvalue weighted by atomic mass is 35.5. The summed E-state index contributed by atoms with van der Waals surface area (Å²) in [4.78, 5) is 16.0. The van der Waals surface area contributed by atoms with Gasteiger partial charge >= 0.3 is 0 Å². The van der Waals surface area contributed by atoms with E-state index in [0.717, 1.165) is 22.2 Å². The number of fused-ring (bicyclic) bond motifs is 1. The van der Waals surface area contributed by atoms with Crippen LogP contribution in [0.3, 0.4) is 0 Å². The van der Waals surface area contributed by atoms with Gasteiger partial charge in [0.1, 0.15) is 11.5 Å². The first-order valence-corrected chi connectivity index (χ1v) is 8.46. The summed E-state index contributed by atoms with van der Waals surface area (Å²) in [5.41, 5.74) is 3.41. The summed E-state index contributed by atoms with van der Waals surface area (Å²) in [6.45, 7) is 0.332. The number of H-pyrrole nitrogens is 1. The van der Waals surface area contributed by atoms with E-state index in [0.29, 0.717) is 29.5 Å². The zero-order valence-corrected chi connectivity index (χ0v) is 14.5. The van der Waals surface area contributed by atoms with Gasteiger partial charge in [-0.2, -0.15) is 0 Å². The van der Waals surface area contributed by atoms with Crippen LogP contribution in [0.25, 0.3) is 11.0 Å². The topological polar surface area (TPSA) is 66.5 Å². The van der Waals surface area contributed by atoms with Crippen molar-refractivity contribution in [2.45, 2.75) is 13.0 Å². The van der Waals surface area contributed by atoms with Gasteiger partial charge < -0.3 is 10.3 Å². The molecule has 7 heteroatoms. The van der Waals surface area contributed by atoms with Gasteiger partial charge in [-0.15, -0.1) is 0 Å². The van der Waals surface area contributed by atoms with Crippen molar-refractivity contribution in [1.82, 2.24) is 19.9 Å². The monoisotopic (exact) mass is 367 g/mol. The summed E-state index contributed by atoms with van der Waals surface area (Å²) in [5.74, 6) is 0.212. The second-order valence-corrected chi connectivity index (χ2v) is 6.34. The molecular formula is C19H15ClFN5. The van der Waals surface area contributed by atoms with Crippen LogP contribution in [-0.4, -0.2) is 19.9 Å². The lowest BCUT2D eigenvalue weighted by atomic mass is 10.1. The molecule has 0 atom stereocenters. The highest BCUT2D eigenvalue weighted by Crippen LogP contribution is 2.22. The lowest BCUT2D eigenvalue weighted by molar-refractivity contribution is 0.612. The number of aromatic amines is 1. The molecule has 2 N–H and O–H groups in total. The number of nitrogens with one attached hydrogen (secondary N) is 2. The predicted octanol–water partition coefficient (Wildman–Crippen LogP) is 4.35. The van der Waals surface area contributed by atoms with Crippen LogP contribution in [0.5, 0.6) is 0 Å². The Balaban J connectivity index is 1.45. The zero-order chi connectivity index (χ0) is 17.9. The number of rotatable bonds is 5. The van der Waals surface area contributed by atoms with Crippen LogP contribution in [0.15, 0.2) is 55.1 Å². The number of aromatic nitrogens is 4. The fraction of sp³-hybridized carbons (Fsp3) is 0.105. The molecule has 4 rings (SSSR count). The Bertz CT molecular complexity index is 1050. The highest BCUT2D eigenvalue weighted by Gasteiger charge is 2.08. The van der Waals surface area contributed by atoms with Crippen LogP contribution < -0.4 is 5.32 Å². The molecule has 5 nitrogen and oxygen atoms in total. The average Bonchev–Trinajstić information content (AvgIpc) is 3.04. The fourth-order valence-electron chi connectivity index (χ4n) is 2.75. The Kier molecular flexibility index (Phi) is 4.50. The third-order valence-corrected chi connectivity index (χ3v) is 4.28. The predicted molar refractivity (Wildman–Crippen MR) is 99.7 cm³/mol. The minimum Gasteiger partial charge on any atom is -0.350 e. The van der Waals surface area contributed by atoms with Gasteiger partial charge in [-0.05, 0) is 23.3 Å². The lowest BCUT2D eigenvalue weighted by Crippen LogP contribution is -2.05. The first kappa shape index (κ1) is 16.5. The van der Waals surface area contributed by atoms with Crippen molar-refractivity contribution < 1.29 is 4.39 Å². The van der Waals surface area contributed by atoms with E-state index in [1.165, 1.54) is 6.07 Å². The molecule has 4 aromatic rings. The van der Waals surface area contributed by atoms with Gasteiger partial charge in [0.25, 0.3) is 0 Å². The number of anilines is 1. The van der Waals surface area contributed by atoms with E-state index in [-0.39, 0.29) is 5.82 Å². The summed E-state index contributed by atoms with van der Waals surface area (Å²) in [6.07, 6.45) is 7.71. The molecule has 0 aliphatic carbocycles. The molecule has 0 unspecified atom stereocenters. The fourth-order valence-corrected chi connectivity index (χ4v) is 2.91. The van der Waals surface area contributed by atoms with Crippen LogP contribution in [0.4, 0.5) is 10.3 Å². The van der Waals surface area contributed by atoms with Crippen molar-refractivity contribution in [2.75, 3.05) is 5.32 Å². The molecule has 130 valence electrons. The van der Waals surface area contributed by atoms with Crippen molar-refractivity contribution >= 4 is 28.6 Å². The van der Waals surface area contributed by atoms with Crippen LogP contribution >= 0.6 is 11.6 Å². The third kappa shape index (κ3) is 3.50. The quantitative estimate of drug-likeness (QED) is 0.550. The van der Waals surface area contributed by atoms with E-state index < -0.39 is 0 Å². The molecule has 0 saturated carbocycles. The van der Waals surface area contributed by atoms with E-state index in [4.69, 9.17) is 11.6 Å². The third-order valence-electron chi connectivity index (χ3n) is 4.08. The van der Waals surface area contributed by atoms with Gasteiger partial charge in [0.05, 0.1) is 5.02 Å². The highest BCUT2D eigenvalue weighted by molar-refractivity contribution is 6.31. The van der Waals surface area contributed by atoms with Crippen molar-refractivity contribution in [1.29, 1.82) is 0 Å². The second kappa shape index (κ2) is 7.09. The molecule has 0 radical (unpaired) electrons. The largest absolute Gasteiger partial charge is 0.350 e. The maximum Gasteiger partial charge on any atom is 0.222 e. The van der Waals surface area contributed by atoms with E-state index >= 15 is 0 Å². The van der Waals surface area contributed by atoms with Gasteiger partial charge in [-0.25, -0.2) is 19.3 Å². The SMILES string of the molecule is Fc1ccccc1CNc1ncc(Cc2c[nH]c3ncc(Cl)cc23)cn1. The molecular weight excluding hydrogens is 353 g/mol. The molecule has 0 aliphatic rings. The van der Waals surface area contributed by atoms with Crippen LogP contribution in [0.2, 0.25) is 5.02 Å². The van der Waals surface area contributed by atoms with Crippen molar-refractivity contribution in [2.24, 2.45) is 0 Å². The minimum absolute atomic E-state index is 0.247. The van der Waals surface area contributed by atoms with E-state index in [1.54, 1.807) is 36.8 Å². The smallest absolute Gasteiger partial charge is 0.222 e. The molecule has 3 heterocycles. The normalized spacial score (nSPS) is 11.0. The second-order valence-electron chi connectivity index (χ2n) is 5.90. The summed E-state index contributed by atoms with van der Waals surface area (Å²) in [6, 6.07) is 8.51. The van der Waals surface area contributed by atoms with Crippen molar-refractivity contribution in [3.05, 3.63) is 82.6 Å². The molecule has 0 saturated heterocycles. The first-order chi connectivity index (χ1) is 12.7. The molecule has 0 amide bonds. The molecule has 0 spiro atoms. The Morgan fingerprint density at radius 2 is 1.85 bits per heavy atom. The number of benzene rings is 1. The van der Waals surface area contributed by atoms with Crippen LogP contribution in [-0.2, 0) is 13.0 Å². The van der Waals surface area contributed by atoms with Gasteiger partial charge in [0, 0.05) is 48.7 Å². The average molecular weight is 368 g/mol. The standard InChI is InChI=1S/C19H15ClFN5/c20-15-6-16-14(10-22-18(16)23-11-15)5-12-7-24-19(25-8-12)26-9-13-3-1-2-4-17(13)21/h1-4,6-8,10-11H,5,9H2,(H,22,23)(H,24,25,26). The Labute approximate surface area is 154 Å². The minimum atomic E-state index is -0.247. The zero-order valence-electron chi connectivity index (χ0n) is 13.7. The van der Waals surface area contributed by atoms with Gasteiger partial charge in [0.15, 0.2) is 0 Å². The van der Waals surface area contributed by atoms with Gasteiger partial charge in [0.2, 0.25) is 5.95 Å². The summed E-state index contributed by atoms with van der Waals surface area (Å²) in [7, 11) is 0. The Morgan fingerprint density at radius 3 is 2.65 bits per heavy atom. The van der Waals surface area contributed by atoms with Gasteiger partial charge in [-0.1, -0.05) is 29.8 Å². The molecule has 0 aliphatic heterocycles. The van der Waals surface area contributed by atoms with Crippen molar-refractivity contribution in [3.63, 3.8) is 0 Å². The first-order valence-electron chi connectivity index (χ1n) is 8.09. The number of hydrogen-bond acceptors (Lipinski definition) is 4. The summed E-state index contributed by atoms with van der Waals surface area (Å²) < 4.78 is 13.6. The Hall–Kier alpha value is -2.99. The molecule has 1 aromatic carbocycles. The van der Waals surface area contributed by atoms with E-state index in [2.05, 4.69) is 25.3 Å². The number of halogens is 2. The van der Waals surface area contributed by atoms with Crippen LogP contribution in [0.1, 0.15) is 16.7 Å².